The topological polar surface area (TPSA) is 80.3 Å². The van der Waals surface area contributed by atoms with Gasteiger partial charge in [0.05, 0.1) is 11.9 Å². The Morgan fingerprint density at radius 1 is 0.383 bits per heavy atom. The molecule has 0 amide bonds. The number of unbranched alkanes of at least 4 members (excludes halogenated alkanes) is 30. The molecule has 0 aliphatic carbocycles. The fraction of sp³-hybridized carbons (Fsp3) is 0.857. The van der Waals surface area contributed by atoms with Crippen LogP contribution in [-0.2, 0) is 9.59 Å². The molecule has 0 aromatic heterocycles. The molecule has 0 aromatic rings. The number of carboxylic acid groups (broad SMARTS) is 2. The molecule has 0 spiro atoms. The normalized spacial score (nSPS) is 10.3. The molecule has 0 bridgehead atoms. The zero-order chi connectivity index (χ0) is 35.3. The van der Waals surface area contributed by atoms with E-state index in [2.05, 4.69) is 27.0 Å². The van der Waals surface area contributed by atoms with E-state index in [0.717, 1.165) is 12.2 Å². The molecule has 47 heavy (non-hydrogen) atoms. The number of carbonyl (C=O) groups excluding carboxylic acids is 2. The summed E-state index contributed by atoms with van der Waals surface area (Å²) in [4.78, 5) is 18.3. The first kappa shape index (κ1) is 50.6. The van der Waals surface area contributed by atoms with Crippen LogP contribution in [0.1, 0.15) is 219 Å². The molecule has 0 atom stereocenters. The van der Waals surface area contributed by atoms with Crippen molar-refractivity contribution < 1.29 is 19.8 Å². The van der Waals surface area contributed by atoms with E-state index in [1.807, 2.05) is 0 Å². The molecular weight excluding hydrogens is 687 g/mol. The summed E-state index contributed by atoms with van der Waals surface area (Å²) < 4.78 is 3.33. The zero-order valence-corrected chi connectivity index (χ0v) is 34.6. The second kappa shape index (κ2) is 49.6. The van der Waals surface area contributed by atoms with Crippen LogP contribution in [0, 0.1) is 0 Å². The van der Waals surface area contributed by atoms with Crippen LogP contribution in [0.4, 0.5) is 0 Å². The minimum Gasteiger partial charge on any atom is -0.0654 e. The third-order valence-corrected chi connectivity index (χ3v) is 12.8. The quantitative estimate of drug-likeness (QED) is 0.0361. The fourth-order valence-corrected chi connectivity index (χ4v) is 9.29. The Morgan fingerprint density at radius 3 is 0.681 bits per heavy atom. The molecule has 0 heterocycles. The Bertz CT molecular complexity index is 570. The van der Waals surface area contributed by atoms with Gasteiger partial charge < -0.3 is 19.8 Å². The monoisotopic (exact) mass is 769 g/mol. The van der Waals surface area contributed by atoms with Gasteiger partial charge in [0, 0.05) is 0 Å². The maximum absolute atomic E-state index is 9.14. The predicted molar refractivity (Wildman–Crippen MR) is 205 cm³/mol. The van der Waals surface area contributed by atoms with Crippen LogP contribution in [-0.4, -0.2) is 33.1 Å². The second-order valence-corrected chi connectivity index (χ2v) is 17.7. The average Bonchev–Trinajstić information content (AvgIpc) is 3.07. The van der Waals surface area contributed by atoms with Crippen LogP contribution < -0.4 is 10.2 Å². The summed E-state index contributed by atoms with van der Waals surface area (Å²) in [5.41, 5.74) is 0. The van der Waals surface area contributed by atoms with Crippen molar-refractivity contribution in [3.63, 3.8) is 0 Å². The third kappa shape index (κ3) is 61.0. The van der Waals surface area contributed by atoms with Crippen molar-refractivity contribution in [1.29, 1.82) is 0 Å². The Hall–Kier alpha value is -0.781. The molecule has 0 aliphatic rings. The van der Waals surface area contributed by atoms with E-state index in [1.165, 1.54) is 193 Å². The number of hydrogen-bond acceptors (Lipinski definition) is 4. The molecule has 276 valence electrons. The molecule has 0 N–H and O–H groups in total. The second-order valence-electron chi connectivity index (χ2n) is 13.4. The van der Waals surface area contributed by atoms with Crippen LogP contribution in [0.15, 0.2) is 25.3 Å². The molecule has 0 fully saturated rings. The molecule has 5 heteroatoms. The van der Waals surface area contributed by atoms with Crippen LogP contribution in [0.2, 0.25) is 8.87 Å². The van der Waals surface area contributed by atoms with Crippen LogP contribution in [0.5, 0.6) is 0 Å². The van der Waals surface area contributed by atoms with E-state index in [4.69, 9.17) is 19.8 Å². The van der Waals surface area contributed by atoms with Gasteiger partial charge in [0.15, 0.2) is 0 Å². The number of aliphatic carboxylic acids is 2. The van der Waals surface area contributed by atoms with E-state index in [9.17, 15) is 0 Å². The molecule has 0 rings (SSSR count). The van der Waals surface area contributed by atoms with Crippen molar-refractivity contribution >= 4 is 33.1 Å². The van der Waals surface area contributed by atoms with Gasteiger partial charge in [-0.1, -0.05) is 91.2 Å². The average molecular weight is 768 g/mol. The summed E-state index contributed by atoms with van der Waals surface area (Å²) in [6, 6.07) is 0. The number of rotatable bonds is 36. The molecule has 0 saturated carbocycles. The van der Waals surface area contributed by atoms with Gasteiger partial charge in [-0.05, 0) is 12.2 Å². The first-order valence-electron chi connectivity index (χ1n) is 20.3. The summed E-state index contributed by atoms with van der Waals surface area (Å²) in [5, 5.41) is 18.3. The molecule has 0 unspecified atom stereocenters. The van der Waals surface area contributed by atoms with Crippen molar-refractivity contribution in [3.8, 4) is 0 Å². The van der Waals surface area contributed by atoms with Gasteiger partial charge in [-0.25, -0.2) is 0 Å². The van der Waals surface area contributed by atoms with Crippen LogP contribution in [0.3, 0.4) is 0 Å². The number of hydrogen-bond donors (Lipinski definition) is 0. The fourth-order valence-electron chi connectivity index (χ4n) is 5.72. The Kier molecular flexibility index (Phi) is 53.4. The Morgan fingerprint density at radius 2 is 0.532 bits per heavy atom. The van der Waals surface area contributed by atoms with E-state index in [1.54, 1.807) is 21.7 Å². The SMILES string of the molecule is C=CC(=O)[O-].C=CC(=O)[O-].CCCCCCCCCCCCCCCCC[CH2][Sn+2][CH2]CCCCCCCCCCCCCCCCC. The van der Waals surface area contributed by atoms with Gasteiger partial charge in [-0.2, -0.15) is 0 Å². The van der Waals surface area contributed by atoms with Crippen LogP contribution in [0.25, 0.3) is 0 Å². The van der Waals surface area contributed by atoms with Crippen molar-refractivity contribution in [3.05, 3.63) is 25.3 Å². The van der Waals surface area contributed by atoms with Gasteiger partial charge in [-0.15, -0.1) is 0 Å². The third-order valence-electron chi connectivity index (χ3n) is 8.75. The standard InChI is InChI=1S/2C18H37.2C3H4O2.Sn/c2*1-3-5-7-9-11-13-15-17-18-16-14-12-10-8-6-4-2;2*1-2-3(4)5;/h2*1,3-18H2,2H3;2*2H,1H2,(H,4,5);/q;;;;+2/p-2. The summed E-state index contributed by atoms with van der Waals surface area (Å²) in [6.07, 6.45) is 49.3. The van der Waals surface area contributed by atoms with Gasteiger partial charge in [-0.3, -0.25) is 0 Å². The smallest absolute Gasteiger partial charge is 0.0654 e. The number of carboxylic acids is 2. The van der Waals surface area contributed by atoms with E-state index < -0.39 is 11.9 Å². The molecular formula is C42H80O4Sn. The minimum atomic E-state index is -1.23. The van der Waals surface area contributed by atoms with Crippen molar-refractivity contribution in [2.45, 2.75) is 228 Å². The first-order valence-corrected chi connectivity index (χ1v) is 24.4. The maximum atomic E-state index is 9.14. The van der Waals surface area contributed by atoms with Crippen molar-refractivity contribution in [2.75, 3.05) is 0 Å². The molecule has 4 nitrogen and oxygen atoms in total. The van der Waals surface area contributed by atoms with Gasteiger partial charge in [0.1, 0.15) is 0 Å². The van der Waals surface area contributed by atoms with E-state index in [-0.39, 0.29) is 21.1 Å². The molecule has 0 radical (unpaired) electrons. The summed E-state index contributed by atoms with van der Waals surface area (Å²) >= 11 is 0.00985. The summed E-state index contributed by atoms with van der Waals surface area (Å²) in [5.74, 6) is -2.46. The van der Waals surface area contributed by atoms with Gasteiger partial charge in [0.25, 0.3) is 0 Å². The van der Waals surface area contributed by atoms with Crippen molar-refractivity contribution in [2.24, 2.45) is 0 Å². The zero-order valence-electron chi connectivity index (χ0n) is 31.7. The number of carbonyl (C=O) groups is 2. The summed E-state index contributed by atoms with van der Waals surface area (Å²) in [6.45, 7) is 10.4. The van der Waals surface area contributed by atoms with E-state index in [0.29, 0.717) is 0 Å². The summed E-state index contributed by atoms with van der Waals surface area (Å²) in [7, 11) is 0. The Balaban J connectivity index is -0.00000167. The van der Waals surface area contributed by atoms with E-state index >= 15 is 0 Å². The first-order chi connectivity index (χ1) is 23.0. The molecule has 0 saturated heterocycles. The minimum absolute atomic E-state index is 0.00985. The molecule has 0 aliphatic heterocycles. The van der Waals surface area contributed by atoms with Gasteiger partial charge >= 0.3 is 171 Å². The molecule has 0 aromatic carbocycles. The van der Waals surface area contributed by atoms with Crippen molar-refractivity contribution in [1.82, 2.24) is 0 Å². The Labute approximate surface area is 305 Å². The van der Waals surface area contributed by atoms with Crippen LogP contribution >= 0.6 is 0 Å². The predicted octanol–water partition coefficient (Wildman–Crippen LogP) is 11.9. The van der Waals surface area contributed by atoms with Gasteiger partial charge in [0.2, 0.25) is 0 Å².